The molecule has 0 aliphatic heterocycles. The molecule has 0 saturated heterocycles. The van der Waals surface area contributed by atoms with Crippen molar-refractivity contribution in [1.29, 1.82) is 0 Å². The van der Waals surface area contributed by atoms with E-state index < -0.39 is 28.0 Å². The van der Waals surface area contributed by atoms with Gasteiger partial charge in [-0.15, -0.1) is 0 Å². The van der Waals surface area contributed by atoms with Crippen molar-refractivity contribution in [2.45, 2.75) is 37.6 Å². The highest BCUT2D eigenvalue weighted by atomic mass is 32.2. The zero-order valence-electron chi connectivity index (χ0n) is 14.2. The molecule has 2 unspecified atom stereocenters. The Kier molecular flexibility index (Phi) is 7.98. The number of carboxylic acids is 1. The lowest BCUT2D eigenvalue weighted by molar-refractivity contribution is -0.141. The molecule has 8 heteroatoms. The lowest BCUT2D eigenvalue weighted by atomic mass is 9.99. The number of sulfonamides is 1. The fraction of sp³-hybridized carbons (Fsp3) is 0.353. The molecular formula is C17H24N2O5S. The predicted octanol–water partition coefficient (Wildman–Crippen LogP) is 2.34. The van der Waals surface area contributed by atoms with Gasteiger partial charge in [0, 0.05) is 11.4 Å². The molecule has 0 aliphatic carbocycles. The van der Waals surface area contributed by atoms with Gasteiger partial charge in [0.1, 0.15) is 0 Å². The van der Waals surface area contributed by atoms with Crippen molar-refractivity contribution in [2.75, 3.05) is 0 Å². The van der Waals surface area contributed by atoms with E-state index in [9.17, 15) is 18.3 Å². The van der Waals surface area contributed by atoms with Crippen molar-refractivity contribution in [1.82, 2.24) is 4.72 Å². The first-order valence-electron chi connectivity index (χ1n) is 7.85. The van der Waals surface area contributed by atoms with Gasteiger partial charge in [-0.05, 0) is 17.9 Å². The first-order chi connectivity index (χ1) is 11.9. The van der Waals surface area contributed by atoms with Gasteiger partial charge < -0.3 is 10.3 Å². The monoisotopic (exact) mass is 368 g/mol. The fourth-order valence-electron chi connectivity index (χ4n) is 2.59. The summed E-state index contributed by atoms with van der Waals surface area (Å²) in [5.74, 6) is 1.70. The summed E-state index contributed by atoms with van der Waals surface area (Å²) in [6.45, 7) is 3.42. The maximum atomic E-state index is 12.8. The van der Waals surface area contributed by atoms with Crippen LogP contribution in [0.2, 0.25) is 0 Å². The summed E-state index contributed by atoms with van der Waals surface area (Å²) < 4.78 is 28.1. The fourth-order valence-corrected chi connectivity index (χ4v) is 4.17. The topological polar surface area (TPSA) is 130 Å². The maximum absolute atomic E-state index is 12.8. The molecule has 2 rings (SSSR count). The van der Waals surface area contributed by atoms with Crippen LogP contribution in [0.25, 0.3) is 10.8 Å². The van der Waals surface area contributed by atoms with Crippen LogP contribution in [-0.4, -0.2) is 30.7 Å². The van der Waals surface area contributed by atoms with Gasteiger partial charge >= 0.3 is 5.97 Å². The molecule has 0 aromatic heterocycles. The van der Waals surface area contributed by atoms with Crippen molar-refractivity contribution in [2.24, 2.45) is 11.8 Å². The number of benzene rings is 2. The minimum atomic E-state index is -3.80. The number of nitrogens with one attached hydrogen (secondary N) is 1. The van der Waals surface area contributed by atoms with Crippen LogP contribution in [-0.2, 0) is 14.8 Å². The molecule has 25 heavy (non-hydrogen) atoms. The van der Waals surface area contributed by atoms with E-state index in [1.165, 1.54) is 6.92 Å². The van der Waals surface area contributed by atoms with Gasteiger partial charge in [0.15, 0.2) is 0 Å². The molecule has 7 nitrogen and oxygen atoms in total. The number of carboxylic acid groups (broad SMARTS) is 1. The molecule has 2 aromatic carbocycles. The van der Waals surface area contributed by atoms with E-state index in [0.29, 0.717) is 18.2 Å². The first kappa shape index (κ1) is 21.0. The Hall–Kier alpha value is -2.00. The van der Waals surface area contributed by atoms with Crippen LogP contribution in [0.15, 0.2) is 47.4 Å². The van der Waals surface area contributed by atoms with Crippen LogP contribution in [0.5, 0.6) is 0 Å². The van der Waals surface area contributed by atoms with Crippen LogP contribution in [0.3, 0.4) is 0 Å². The second kappa shape index (κ2) is 9.47. The summed E-state index contributed by atoms with van der Waals surface area (Å²) in [5.41, 5.74) is 0. The van der Waals surface area contributed by atoms with E-state index in [1.54, 1.807) is 24.3 Å². The number of hydrogen-bond acceptors (Lipinski definition) is 5. The quantitative estimate of drug-likeness (QED) is 0.555. The Balaban J connectivity index is 0.00000151. The molecule has 2 aromatic rings. The Bertz CT molecular complexity index is 802. The second-order valence-corrected chi connectivity index (χ2v) is 7.30. The van der Waals surface area contributed by atoms with Crippen LogP contribution >= 0.6 is 0 Å². The standard InChI is InChI=1S/C17H21NO4S.H3NO/c1-3-7-15(12(2)17(19)20)18-23(21,22)16-11-6-9-13-8-4-5-10-14(13)16;1-2/h4-6,8-12,15,18H,3,7H2,1-2H3,(H,19,20);2H,1H2. The van der Waals surface area contributed by atoms with Gasteiger partial charge in [-0.25, -0.2) is 19.0 Å². The van der Waals surface area contributed by atoms with Crippen molar-refractivity contribution in [3.63, 3.8) is 0 Å². The molecule has 138 valence electrons. The zero-order valence-corrected chi connectivity index (χ0v) is 15.0. The van der Waals surface area contributed by atoms with Gasteiger partial charge in [0.05, 0.1) is 10.8 Å². The Morgan fingerprint density at radius 1 is 1.16 bits per heavy atom. The highest BCUT2D eigenvalue weighted by molar-refractivity contribution is 7.89. The Labute approximate surface area is 147 Å². The predicted molar refractivity (Wildman–Crippen MR) is 95.7 cm³/mol. The minimum Gasteiger partial charge on any atom is -0.481 e. The summed E-state index contributed by atoms with van der Waals surface area (Å²) in [4.78, 5) is 11.4. The van der Waals surface area contributed by atoms with Crippen molar-refractivity contribution in [3.8, 4) is 0 Å². The number of fused-ring (bicyclic) bond motifs is 1. The van der Waals surface area contributed by atoms with Crippen LogP contribution in [0.4, 0.5) is 0 Å². The van der Waals surface area contributed by atoms with E-state index in [0.717, 1.165) is 5.39 Å². The molecule has 0 spiro atoms. The smallest absolute Gasteiger partial charge is 0.307 e. The lowest BCUT2D eigenvalue weighted by Gasteiger charge is -2.22. The normalized spacial score (nSPS) is 13.6. The molecular weight excluding hydrogens is 344 g/mol. The third kappa shape index (κ3) is 5.23. The number of aliphatic carboxylic acids is 1. The SMILES string of the molecule is CCCC(NS(=O)(=O)c1cccc2ccccc12)C(C)C(=O)O.NO. The van der Waals surface area contributed by atoms with Crippen LogP contribution in [0.1, 0.15) is 26.7 Å². The van der Waals surface area contributed by atoms with E-state index in [2.05, 4.69) is 10.6 Å². The van der Waals surface area contributed by atoms with Crippen molar-refractivity contribution in [3.05, 3.63) is 42.5 Å². The summed E-state index contributed by atoms with van der Waals surface area (Å²) in [7, 11) is -3.80. The maximum Gasteiger partial charge on any atom is 0.307 e. The van der Waals surface area contributed by atoms with Gasteiger partial charge in [-0.3, -0.25) is 4.79 Å². The van der Waals surface area contributed by atoms with Crippen molar-refractivity contribution < 1.29 is 23.5 Å². The van der Waals surface area contributed by atoms with E-state index in [4.69, 9.17) is 5.21 Å². The second-order valence-electron chi connectivity index (χ2n) is 5.62. The molecule has 0 radical (unpaired) electrons. The molecule has 0 bridgehead atoms. The summed E-state index contributed by atoms with van der Waals surface area (Å²) in [6, 6.07) is 11.7. The van der Waals surface area contributed by atoms with Gasteiger partial charge in [0.2, 0.25) is 10.0 Å². The zero-order chi connectivity index (χ0) is 19.0. The molecule has 2 atom stereocenters. The minimum absolute atomic E-state index is 0.175. The molecule has 0 saturated carbocycles. The highest BCUT2D eigenvalue weighted by Gasteiger charge is 2.28. The van der Waals surface area contributed by atoms with Crippen LogP contribution < -0.4 is 10.6 Å². The molecule has 0 heterocycles. The van der Waals surface area contributed by atoms with Crippen LogP contribution in [0, 0.1) is 5.92 Å². The third-order valence-corrected chi connectivity index (χ3v) is 5.49. The molecule has 0 amide bonds. The van der Waals surface area contributed by atoms with Gasteiger partial charge in [-0.1, -0.05) is 56.7 Å². The highest BCUT2D eigenvalue weighted by Crippen LogP contribution is 2.24. The average Bonchev–Trinajstić information content (AvgIpc) is 2.61. The average molecular weight is 368 g/mol. The summed E-state index contributed by atoms with van der Waals surface area (Å²) >= 11 is 0. The number of carbonyl (C=O) groups is 1. The van der Waals surface area contributed by atoms with E-state index in [1.807, 2.05) is 25.1 Å². The summed E-state index contributed by atoms with van der Waals surface area (Å²) in [5, 5.41) is 17.1. The first-order valence-corrected chi connectivity index (χ1v) is 9.34. The third-order valence-electron chi connectivity index (χ3n) is 3.94. The lowest BCUT2D eigenvalue weighted by Crippen LogP contribution is -2.42. The Morgan fingerprint density at radius 2 is 1.76 bits per heavy atom. The Morgan fingerprint density at radius 3 is 2.36 bits per heavy atom. The van der Waals surface area contributed by atoms with E-state index in [-0.39, 0.29) is 4.90 Å². The number of hydrogen-bond donors (Lipinski definition) is 4. The largest absolute Gasteiger partial charge is 0.481 e. The van der Waals surface area contributed by atoms with Gasteiger partial charge in [0.25, 0.3) is 0 Å². The molecule has 0 fully saturated rings. The number of nitrogens with two attached hydrogens (primary N) is 1. The van der Waals surface area contributed by atoms with Crippen molar-refractivity contribution >= 4 is 26.8 Å². The number of rotatable bonds is 7. The van der Waals surface area contributed by atoms with E-state index >= 15 is 0 Å². The molecule has 0 aliphatic rings. The summed E-state index contributed by atoms with van der Waals surface area (Å²) in [6.07, 6.45) is 1.16. The molecule has 5 N–H and O–H groups in total. The van der Waals surface area contributed by atoms with Gasteiger partial charge in [-0.2, -0.15) is 0 Å².